The lowest BCUT2D eigenvalue weighted by atomic mass is 9.89. The average molecular weight is 381 g/mol. The largest absolute Gasteiger partial charge is 0.492 e. The van der Waals surface area contributed by atoms with Gasteiger partial charge in [-0.05, 0) is 37.1 Å². The minimum absolute atomic E-state index is 0.0824. The van der Waals surface area contributed by atoms with Gasteiger partial charge in [0.15, 0.2) is 0 Å². The van der Waals surface area contributed by atoms with E-state index in [1.54, 1.807) is 24.5 Å². The van der Waals surface area contributed by atoms with Crippen LogP contribution in [0.1, 0.15) is 23.5 Å². The summed E-state index contributed by atoms with van der Waals surface area (Å²) < 4.78 is 46.1. The zero-order chi connectivity index (χ0) is 19.6. The molecule has 27 heavy (non-hydrogen) atoms. The lowest BCUT2D eigenvalue weighted by molar-refractivity contribution is -0.385. The number of nitro groups is 1. The molecule has 0 amide bonds. The van der Waals surface area contributed by atoms with Gasteiger partial charge in [0.05, 0.1) is 4.92 Å². The van der Waals surface area contributed by atoms with Gasteiger partial charge in [-0.3, -0.25) is 20.4 Å². The van der Waals surface area contributed by atoms with Gasteiger partial charge < -0.3 is 4.74 Å². The second-order valence-electron chi connectivity index (χ2n) is 6.52. The fourth-order valence-electron chi connectivity index (χ4n) is 3.39. The summed E-state index contributed by atoms with van der Waals surface area (Å²) in [6.07, 6.45) is -1.14. The van der Waals surface area contributed by atoms with Crippen molar-refractivity contribution in [3.05, 3.63) is 64.0 Å². The van der Waals surface area contributed by atoms with E-state index in [4.69, 9.17) is 4.74 Å². The van der Waals surface area contributed by atoms with Crippen LogP contribution in [0.3, 0.4) is 0 Å². The molecule has 1 aromatic carbocycles. The molecule has 1 N–H and O–H groups in total. The van der Waals surface area contributed by atoms with Crippen LogP contribution in [-0.2, 0) is 0 Å². The second-order valence-corrected chi connectivity index (χ2v) is 6.52. The van der Waals surface area contributed by atoms with Crippen LogP contribution in [0, 0.1) is 17.0 Å². The van der Waals surface area contributed by atoms with Gasteiger partial charge in [0, 0.05) is 36.0 Å². The maximum absolute atomic E-state index is 13.5. The molecule has 2 heterocycles. The van der Waals surface area contributed by atoms with Crippen LogP contribution in [0.2, 0.25) is 0 Å². The number of hydrogen-bond donors (Lipinski definition) is 1. The number of nitrogens with zero attached hydrogens (tertiary/aromatic N) is 2. The third-order valence-electron chi connectivity index (χ3n) is 4.66. The predicted molar refractivity (Wildman–Crippen MR) is 91.7 cm³/mol. The van der Waals surface area contributed by atoms with Crippen LogP contribution in [0.25, 0.3) is 0 Å². The van der Waals surface area contributed by atoms with Gasteiger partial charge >= 0.3 is 6.18 Å². The second kappa shape index (κ2) is 7.51. The zero-order valence-corrected chi connectivity index (χ0v) is 14.4. The first-order chi connectivity index (χ1) is 12.8. The van der Waals surface area contributed by atoms with E-state index in [2.05, 4.69) is 10.3 Å². The number of alkyl halides is 3. The Hall–Kier alpha value is -2.68. The smallest absolute Gasteiger partial charge is 0.404 e. The molecule has 1 unspecified atom stereocenters. The van der Waals surface area contributed by atoms with E-state index in [0.29, 0.717) is 16.9 Å². The third-order valence-corrected chi connectivity index (χ3v) is 4.66. The molecule has 3 atom stereocenters. The van der Waals surface area contributed by atoms with E-state index >= 15 is 0 Å². The summed E-state index contributed by atoms with van der Waals surface area (Å²) in [5, 5.41) is 13.5. The fraction of sp³-hybridized carbons (Fsp3) is 0.389. The highest BCUT2D eigenvalue weighted by Crippen LogP contribution is 2.40. The zero-order valence-electron chi connectivity index (χ0n) is 14.4. The summed E-state index contributed by atoms with van der Waals surface area (Å²) in [6.45, 7) is 1.61. The quantitative estimate of drug-likeness (QED) is 0.630. The van der Waals surface area contributed by atoms with Crippen molar-refractivity contribution in [2.24, 2.45) is 0 Å². The summed E-state index contributed by atoms with van der Waals surface area (Å²) in [5.41, 5.74) is 0.667. The van der Waals surface area contributed by atoms with Gasteiger partial charge in [0.1, 0.15) is 18.4 Å². The molecule has 3 rings (SSSR count). The van der Waals surface area contributed by atoms with Crippen LogP contribution < -0.4 is 10.1 Å². The lowest BCUT2D eigenvalue weighted by Crippen LogP contribution is -2.44. The first-order valence-electron chi connectivity index (χ1n) is 8.36. The van der Waals surface area contributed by atoms with Gasteiger partial charge in [0.2, 0.25) is 0 Å². The number of aromatic nitrogens is 1. The van der Waals surface area contributed by atoms with Crippen molar-refractivity contribution in [1.29, 1.82) is 0 Å². The monoisotopic (exact) mass is 381 g/mol. The number of halogens is 3. The summed E-state index contributed by atoms with van der Waals surface area (Å²) in [4.78, 5) is 14.3. The highest BCUT2D eigenvalue weighted by atomic mass is 19.4. The maximum atomic E-state index is 13.5. The van der Waals surface area contributed by atoms with Crippen molar-refractivity contribution in [3.63, 3.8) is 0 Å². The first-order valence-corrected chi connectivity index (χ1v) is 8.36. The highest BCUT2D eigenvalue weighted by Gasteiger charge is 2.50. The van der Waals surface area contributed by atoms with Crippen molar-refractivity contribution < 1.29 is 22.8 Å². The highest BCUT2D eigenvalue weighted by molar-refractivity contribution is 5.43. The van der Waals surface area contributed by atoms with Crippen LogP contribution >= 0.6 is 0 Å². The number of nitro benzene ring substituents is 1. The molecule has 0 aliphatic carbocycles. The fourth-order valence-corrected chi connectivity index (χ4v) is 3.39. The Labute approximate surface area is 153 Å². The van der Waals surface area contributed by atoms with Crippen molar-refractivity contribution >= 4 is 5.69 Å². The van der Waals surface area contributed by atoms with Crippen LogP contribution in [0.4, 0.5) is 18.9 Å². The van der Waals surface area contributed by atoms with Gasteiger partial charge in [-0.15, -0.1) is 0 Å². The molecule has 0 radical (unpaired) electrons. The first kappa shape index (κ1) is 19.1. The Morgan fingerprint density at radius 1 is 1.30 bits per heavy atom. The molecule has 1 aliphatic rings. The number of hydrogen-bond acceptors (Lipinski definition) is 5. The van der Waals surface area contributed by atoms with Gasteiger partial charge in [0.25, 0.3) is 5.69 Å². The Morgan fingerprint density at radius 2 is 2.00 bits per heavy atom. The summed E-state index contributed by atoms with van der Waals surface area (Å²) in [6, 6.07) is 5.17. The summed E-state index contributed by atoms with van der Waals surface area (Å²) >= 11 is 0. The molecule has 1 aromatic heterocycles. The SMILES string of the molecule is Cc1cc(C2C[C@@H](COc3ccncc3)N[C@H]2C(F)(F)F)ccc1[N+](=O)[O-]. The molecular weight excluding hydrogens is 363 g/mol. The van der Waals surface area contributed by atoms with Crippen molar-refractivity contribution in [1.82, 2.24) is 10.3 Å². The summed E-state index contributed by atoms with van der Waals surface area (Å²) in [5.74, 6) is -0.305. The van der Waals surface area contributed by atoms with E-state index in [1.165, 1.54) is 25.1 Å². The van der Waals surface area contributed by atoms with E-state index in [9.17, 15) is 23.3 Å². The van der Waals surface area contributed by atoms with Crippen LogP contribution in [0.15, 0.2) is 42.7 Å². The van der Waals surface area contributed by atoms with Gasteiger partial charge in [-0.25, -0.2) is 0 Å². The molecule has 2 aromatic rings. The molecule has 1 aliphatic heterocycles. The van der Waals surface area contributed by atoms with E-state index in [-0.39, 0.29) is 18.7 Å². The number of benzene rings is 1. The molecule has 144 valence electrons. The normalized spacial score (nSPS) is 22.6. The number of rotatable bonds is 5. The Kier molecular flexibility index (Phi) is 5.31. The lowest BCUT2D eigenvalue weighted by Gasteiger charge is -2.23. The number of nitrogens with one attached hydrogen (secondary N) is 1. The molecule has 0 bridgehead atoms. The van der Waals surface area contributed by atoms with Crippen molar-refractivity contribution in [2.75, 3.05) is 6.61 Å². The molecule has 0 spiro atoms. The Balaban J connectivity index is 1.78. The third kappa shape index (κ3) is 4.36. The van der Waals surface area contributed by atoms with Crippen molar-refractivity contribution in [3.8, 4) is 5.75 Å². The van der Waals surface area contributed by atoms with E-state index < -0.39 is 29.1 Å². The number of pyridine rings is 1. The maximum Gasteiger partial charge on any atom is 0.404 e. The standard InChI is InChI=1S/C18H18F3N3O3/c1-11-8-12(2-3-16(11)24(25)26)15-9-13(23-17(15)18(19,20)21)10-27-14-4-6-22-7-5-14/h2-8,13,15,17,23H,9-10H2,1H3/t13-,15?,17+/m0/s1. The van der Waals surface area contributed by atoms with Gasteiger partial charge in [-0.1, -0.05) is 6.07 Å². The van der Waals surface area contributed by atoms with Crippen LogP contribution in [-0.4, -0.2) is 34.8 Å². The number of aryl methyl sites for hydroxylation is 1. The number of ether oxygens (including phenoxy) is 1. The molecular formula is C18H18F3N3O3. The molecule has 0 saturated carbocycles. The summed E-state index contributed by atoms with van der Waals surface area (Å²) in [7, 11) is 0. The van der Waals surface area contributed by atoms with Crippen LogP contribution in [0.5, 0.6) is 5.75 Å². The minimum atomic E-state index is -4.44. The predicted octanol–water partition coefficient (Wildman–Crippen LogP) is 3.75. The van der Waals surface area contributed by atoms with Crippen molar-refractivity contribution in [2.45, 2.75) is 37.5 Å². The Bertz CT molecular complexity index is 814. The molecule has 1 saturated heterocycles. The topological polar surface area (TPSA) is 77.3 Å². The molecule has 1 fully saturated rings. The van der Waals surface area contributed by atoms with E-state index in [1.807, 2.05) is 0 Å². The average Bonchev–Trinajstić information content (AvgIpc) is 3.05. The Morgan fingerprint density at radius 3 is 2.59 bits per heavy atom. The minimum Gasteiger partial charge on any atom is -0.492 e. The molecule has 9 heteroatoms. The van der Waals surface area contributed by atoms with Gasteiger partial charge in [-0.2, -0.15) is 13.2 Å². The van der Waals surface area contributed by atoms with E-state index in [0.717, 1.165) is 0 Å². The molecule has 6 nitrogen and oxygen atoms in total.